The highest BCUT2D eigenvalue weighted by Gasteiger charge is 2.18. The molecule has 1 N–H and O–H groups in total. The zero-order valence-corrected chi connectivity index (χ0v) is 12.3. The number of esters is 1. The van der Waals surface area contributed by atoms with Gasteiger partial charge in [-0.2, -0.15) is 5.10 Å². The van der Waals surface area contributed by atoms with Gasteiger partial charge in [-0.1, -0.05) is 0 Å². The van der Waals surface area contributed by atoms with Gasteiger partial charge < -0.3 is 9.47 Å². The van der Waals surface area contributed by atoms with Crippen molar-refractivity contribution in [2.45, 2.75) is 26.4 Å². The van der Waals surface area contributed by atoms with E-state index in [0.29, 0.717) is 16.9 Å². The molecular weight excluding hydrogens is 274 g/mol. The number of ether oxygens (including phenoxy) is 2. The van der Waals surface area contributed by atoms with Crippen molar-refractivity contribution in [1.29, 1.82) is 0 Å². The summed E-state index contributed by atoms with van der Waals surface area (Å²) >= 11 is 0. The van der Waals surface area contributed by atoms with Crippen molar-refractivity contribution in [1.82, 2.24) is 9.61 Å². The summed E-state index contributed by atoms with van der Waals surface area (Å²) in [5.74, 6) is -0.168. The number of carbonyl (C=O) groups excluding carboxylic acids is 2. The minimum atomic E-state index is -0.624. The van der Waals surface area contributed by atoms with Gasteiger partial charge in [-0.3, -0.25) is 5.32 Å². The van der Waals surface area contributed by atoms with Crippen molar-refractivity contribution < 1.29 is 19.1 Å². The van der Waals surface area contributed by atoms with Crippen LogP contribution >= 0.6 is 0 Å². The van der Waals surface area contributed by atoms with Gasteiger partial charge in [-0.05, 0) is 39.0 Å². The Morgan fingerprint density at radius 2 is 2.00 bits per heavy atom. The number of methoxy groups -OCH3 is 1. The van der Waals surface area contributed by atoms with Crippen molar-refractivity contribution in [3.8, 4) is 0 Å². The molecule has 0 aromatic carbocycles. The van der Waals surface area contributed by atoms with Crippen LogP contribution in [-0.2, 0) is 9.47 Å². The smallest absolute Gasteiger partial charge is 0.413 e. The number of fused-ring (bicyclic) bond motifs is 1. The first kappa shape index (κ1) is 14.8. The third-order valence-electron chi connectivity index (χ3n) is 2.55. The Morgan fingerprint density at radius 1 is 1.29 bits per heavy atom. The van der Waals surface area contributed by atoms with Gasteiger partial charge >= 0.3 is 12.1 Å². The molecule has 1 amide bonds. The molecule has 7 heteroatoms. The molecule has 0 aliphatic rings. The lowest BCUT2D eigenvalue weighted by atomic mass is 10.2. The van der Waals surface area contributed by atoms with E-state index >= 15 is 0 Å². The van der Waals surface area contributed by atoms with Crippen LogP contribution in [0.5, 0.6) is 0 Å². The van der Waals surface area contributed by atoms with E-state index in [1.54, 1.807) is 39.1 Å². The summed E-state index contributed by atoms with van der Waals surface area (Å²) in [5, 5.41) is 6.67. The quantitative estimate of drug-likeness (QED) is 0.859. The summed E-state index contributed by atoms with van der Waals surface area (Å²) in [6.45, 7) is 5.29. The van der Waals surface area contributed by atoms with Gasteiger partial charge in [0.25, 0.3) is 0 Å². The van der Waals surface area contributed by atoms with Crippen LogP contribution in [0, 0.1) is 0 Å². The van der Waals surface area contributed by atoms with E-state index in [-0.39, 0.29) is 0 Å². The molecule has 0 atom stereocenters. The molecule has 0 aliphatic heterocycles. The maximum atomic E-state index is 11.9. The zero-order chi connectivity index (χ0) is 15.6. The van der Waals surface area contributed by atoms with Gasteiger partial charge in [0.05, 0.1) is 24.4 Å². The van der Waals surface area contributed by atoms with Gasteiger partial charge in [0.15, 0.2) is 0 Å². The molecule has 112 valence electrons. The van der Waals surface area contributed by atoms with Gasteiger partial charge in [0, 0.05) is 0 Å². The molecule has 0 saturated carbocycles. The van der Waals surface area contributed by atoms with Gasteiger partial charge in [-0.15, -0.1) is 0 Å². The summed E-state index contributed by atoms with van der Waals surface area (Å²) in [6.07, 6.45) is 0.942. The molecule has 0 aliphatic carbocycles. The molecule has 0 fully saturated rings. The standard InChI is InChI=1S/C14H17N3O4/c1-14(2,3)21-13(19)16-11-8-9(12(18)20-4)7-10-5-6-15-17(10)11/h5-8H,1-4H3,(H,16,19). The Kier molecular flexibility index (Phi) is 3.84. The molecule has 0 radical (unpaired) electrons. The summed E-state index contributed by atoms with van der Waals surface area (Å²) in [6, 6.07) is 4.82. The van der Waals surface area contributed by atoms with E-state index in [2.05, 4.69) is 15.2 Å². The Morgan fingerprint density at radius 3 is 2.62 bits per heavy atom. The number of pyridine rings is 1. The molecule has 21 heavy (non-hydrogen) atoms. The summed E-state index contributed by atoms with van der Waals surface area (Å²) in [5.41, 5.74) is 0.355. The number of carbonyl (C=O) groups is 2. The van der Waals surface area contributed by atoms with Gasteiger partial charge in [-0.25, -0.2) is 14.1 Å². The number of nitrogens with zero attached hydrogens (tertiary/aromatic N) is 2. The van der Waals surface area contributed by atoms with Gasteiger partial charge in [0.1, 0.15) is 11.4 Å². The zero-order valence-electron chi connectivity index (χ0n) is 12.3. The predicted molar refractivity (Wildman–Crippen MR) is 76.4 cm³/mol. The Balaban J connectivity index is 2.35. The van der Waals surface area contributed by atoms with Gasteiger partial charge in [0.2, 0.25) is 0 Å². The van der Waals surface area contributed by atoms with E-state index in [1.807, 2.05) is 0 Å². The van der Waals surface area contributed by atoms with Crippen LogP contribution in [0.15, 0.2) is 24.4 Å². The maximum Gasteiger partial charge on any atom is 0.413 e. The largest absolute Gasteiger partial charge is 0.465 e. The lowest BCUT2D eigenvalue weighted by Gasteiger charge is -2.20. The molecule has 7 nitrogen and oxygen atoms in total. The van der Waals surface area contributed by atoms with E-state index in [0.717, 1.165) is 0 Å². The first-order valence-electron chi connectivity index (χ1n) is 6.36. The fourth-order valence-corrected chi connectivity index (χ4v) is 1.77. The molecule has 2 heterocycles. The van der Waals surface area contributed by atoms with Crippen LogP contribution in [0.25, 0.3) is 5.52 Å². The third-order valence-corrected chi connectivity index (χ3v) is 2.55. The van der Waals surface area contributed by atoms with E-state index in [1.165, 1.54) is 17.7 Å². The van der Waals surface area contributed by atoms with E-state index in [4.69, 9.17) is 4.74 Å². The van der Waals surface area contributed by atoms with Crippen molar-refractivity contribution >= 4 is 23.4 Å². The summed E-state index contributed by atoms with van der Waals surface area (Å²) in [7, 11) is 1.30. The highest BCUT2D eigenvalue weighted by atomic mass is 16.6. The van der Waals surface area contributed by atoms with Crippen molar-refractivity contribution in [2.24, 2.45) is 0 Å². The summed E-state index contributed by atoms with van der Waals surface area (Å²) < 4.78 is 11.4. The fraction of sp³-hybridized carbons (Fsp3) is 0.357. The maximum absolute atomic E-state index is 11.9. The number of nitrogens with one attached hydrogen (secondary N) is 1. The number of aromatic nitrogens is 2. The number of hydrogen-bond acceptors (Lipinski definition) is 5. The van der Waals surface area contributed by atoms with E-state index in [9.17, 15) is 9.59 Å². The Hall–Kier alpha value is -2.57. The van der Waals surface area contributed by atoms with Crippen LogP contribution in [-0.4, -0.2) is 34.4 Å². The monoisotopic (exact) mass is 291 g/mol. The molecule has 2 rings (SSSR count). The Labute approximate surface area is 121 Å². The number of rotatable bonds is 2. The fourth-order valence-electron chi connectivity index (χ4n) is 1.77. The first-order valence-corrected chi connectivity index (χ1v) is 6.36. The molecule has 0 spiro atoms. The second-order valence-corrected chi connectivity index (χ2v) is 5.42. The minimum Gasteiger partial charge on any atom is -0.465 e. The molecular formula is C14H17N3O4. The highest BCUT2D eigenvalue weighted by molar-refractivity contribution is 5.93. The highest BCUT2D eigenvalue weighted by Crippen LogP contribution is 2.17. The lowest BCUT2D eigenvalue weighted by Crippen LogP contribution is -2.28. The van der Waals surface area contributed by atoms with Crippen LogP contribution in [0.2, 0.25) is 0 Å². The third kappa shape index (κ3) is 3.50. The number of hydrogen-bond donors (Lipinski definition) is 1. The molecule has 0 bridgehead atoms. The lowest BCUT2D eigenvalue weighted by molar-refractivity contribution is 0.0596. The number of anilines is 1. The van der Waals surface area contributed by atoms with Crippen LogP contribution < -0.4 is 5.32 Å². The topological polar surface area (TPSA) is 81.9 Å². The SMILES string of the molecule is COC(=O)c1cc(NC(=O)OC(C)(C)C)n2nccc2c1. The van der Waals surface area contributed by atoms with Crippen LogP contribution in [0.3, 0.4) is 0 Å². The average Bonchev–Trinajstić information content (AvgIpc) is 2.83. The van der Waals surface area contributed by atoms with E-state index < -0.39 is 17.7 Å². The number of amides is 1. The molecule has 0 saturated heterocycles. The van der Waals surface area contributed by atoms with Crippen LogP contribution in [0.1, 0.15) is 31.1 Å². The second kappa shape index (κ2) is 5.43. The first-order chi connectivity index (χ1) is 9.80. The predicted octanol–water partition coefficient (Wildman–Crippen LogP) is 2.47. The van der Waals surface area contributed by atoms with Crippen molar-refractivity contribution in [3.05, 3.63) is 30.0 Å². The molecule has 0 unspecified atom stereocenters. The minimum absolute atomic E-state index is 0.316. The normalized spacial score (nSPS) is 11.2. The molecule has 2 aromatic rings. The molecule has 2 aromatic heterocycles. The second-order valence-electron chi connectivity index (χ2n) is 5.42. The van der Waals surface area contributed by atoms with Crippen molar-refractivity contribution in [2.75, 3.05) is 12.4 Å². The summed E-state index contributed by atoms with van der Waals surface area (Å²) in [4.78, 5) is 23.5. The van der Waals surface area contributed by atoms with Crippen molar-refractivity contribution in [3.63, 3.8) is 0 Å². The van der Waals surface area contributed by atoms with Crippen LogP contribution in [0.4, 0.5) is 10.6 Å². The Bertz CT molecular complexity index is 685. The average molecular weight is 291 g/mol.